The number of hydrogen-bond donors (Lipinski definition) is 2. The van der Waals surface area contributed by atoms with Crippen molar-refractivity contribution in [3.05, 3.63) is 82.2 Å². The Morgan fingerprint density at radius 3 is 2.72 bits per heavy atom. The largest absolute Gasteiger partial charge is 0.482 e. The molecule has 3 aromatic rings. The van der Waals surface area contributed by atoms with Crippen molar-refractivity contribution in [3.63, 3.8) is 0 Å². The summed E-state index contributed by atoms with van der Waals surface area (Å²) in [5.41, 5.74) is 1.79. The van der Waals surface area contributed by atoms with Gasteiger partial charge in [0.15, 0.2) is 6.61 Å². The fourth-order valence-corrected chi connectivity index (χ4v) is 3.60. The summed E-state index contributed by atoms with van der Waals surface area (Å²) in [6.45, 7) is 0.272. The van der Waals surface area contributed by atoms with E-state index in [0.29, 0.717) is 29.3 Å². The molecule has 0 spiro atoms. The van der Waals surface area contributed by atoms with Crippen molar-refractivity contribution < 1.29 is 23.5 Å². The van der Waals surface area contributed by atoms with Gasteiger partial charge in [0.1, 0.15) is 18.1 Å². The van der Waals surface area contributed by atoms with E-state index in [9.17, 15) is 14.4 Å². The van der Waals surface area contributed by atoms with E-state index < -0.39 is 0 Å². The molecule has 2 heterocycles. The van der Waals surface area contributed by atoms with Crippen LogP contribution in [-0.2, 0) is 22.7 Å². The van der Waals surface area contributed by atoms with Crippen molar-refractivity contribution >= 4 is 39.3 Å². The van der Waals surface area contributed by atoms with E-state index >= 15 is 0 Å². The Labute approximate surface area is 192 Å². The molecule has 1 aliphatic heterocycles. The summed E-state index contributed by atoms with van der Waals surface area (Å²) >= 11 is 3.37. The monoisotopic (exact) mass is 497 g/mol. The molecule has 0 aliphatic carbocycles. The zero-order chi connectivity index (χ0) is 22.5. The lowest BCUT2D eigenvalue weighted by molar-refractivity contribution is -0.125. The van der Waals surface area contributed by atoms with Crippen LogP contribution in [0.15, 0.2) is 69.8 Å². The molecule has 0 saturated carbocycles. The average Bonchev–Trinajstić information content (AvgIpc) is 3.32. The van der Waals surface area contributed by atoms with Gasteiger partial charge >= 0.3 is 0 Å². The highest BCUT2D eigenvalue weighted by molar-refractivity contribution is 9.10. The molecule has 9 heteroatoms. The minimum atomic E-state index is -0.318. The van der Waals surface area contributed by atoms with Crippen LogP contribution < -0.4 is 20.3 Å². The van der Waals surface area contributed by atoms with Gasteiger partial charge in [0.05, 0.1) is 18.5 Å². The summed E-state index contributed by atoms with van der Waals surface area (Å²) in [4.78, 5) is 38.6. The highest BCUT2D eigenvalue weighted by Crippen LogP contribution is 2.34. The fraction of sp³-hybridized carbons (Fsp3) is 0.174. The smallest absolute Gasteiger partial charge is 0.265 e. The lowest BCUT2D eigenvalue weighted by atomic mass is 10.1. The van der Waals surface area contributed by atoms with Crippen LogP contribution in [-0.4, -0.2) is 30.9 Å². The lowest BCUT2D eigenvalue weighted by Gasteiger charge is -2.29. The van der Waals surface area contributed by atoms with Crippen LogP contribution in [0, 0.1) is 0 Å². The van der Waals surface area contributed by atoms with E-state index in [4.69, 9.17) is 9.15 Å². The number of carbonyl (C=O) groups excluding carboxylic acids is 3. The standard InChI is InChI=1S/C23H20BrN3O5/c24-17-6-7-19-20(10-17)32-14-22(29)27(19)13-21(28)25-11-15-3-1-4-16(9-15)23(30)26-12-18-5-2-8-31-18/h1-10H,11-14H2,(H,25,28)(H,26,30). The second-order valence-corrected chi connectivity index (χ2v) is 8.04. The second kappa shape index (κ2) is 9.69. The molecule has 4 rings (SSSR count). The highest BCUT2D eigenvalue weighted by atomic mass is 79.9. The minimum absolute atomic E-state index is 0.119. The van der Waals surface area contributed by atoms with Gasteiger partial charge in [-0.1, -0.05) is 28.1 Å². The Morgan fingerprint density at radius 1 is 1.03 bits per heavy atom. The van der Waals surface area contributed by atoms with Crippen molar-refractivity contribution in [1.29, 1.82) is 0 Å². The molecule has 8 nitrogen and oxygen atoms in total. The van der Waals surface area contributed by atoms with Gasteiger partial charge in [0, 0.05) is 16.6 Å². The number of rotatable bonds is 7. The molecular weight excluding hydrogens is 478 g/mol. The number of benzene rings is 2. The van der Waals surface area contributed by atoms with E-state index in [1.165, 1.54) is 4.90 Å². The summed E-state index contributed by atoms with van der Waals surface area (Å²) in [6, 6.07) is 15.8. The first-order valence-electron chi connectivity index (χ1n) is 9.88. The molecule has 0 atom stereocenters. The fourth-order valence-electron chi connectivity index (χ4n) is 3.26. The molecule has 0 bridgehead atoms. The van der Waals surface area contributed by atoms with Crippen LogP contribution in [0.5, 0.6) is 5.75 Å². The molecule has 2 N–H and O–H groups in total. The van der Waals surface area contributed by atoms with Crippen LogP contribution in [0.2, 0.25) is 0 Å². The number of halogens is 1. The van der Waals surface area contributed by atoms with E-state index in [1.54, 1.807) is 54.8 Å². The Bertz CT molecular complexity index is 1150. The number of nitrogens with one attached hydrogen (secondary N) is 2. The maximum atomic E-state index is 12.5. The van der Waals surface area contributed by atoms with Crippen molar-refractivity contribution in [2.75, 3.05) is 18.1 Å². The summed E-state index contributed by atoms with van der Waals surface area (Å²) in [5, 5.41) is 5.59. The molecule has 1 aliphatic rings. The number of carbonyl (C=O) groups is 3. The first kappa shape index (κ1) is 21.6. The SMILES string of the molecule is O=C(CN1C(=O)COc2cc(Br)ccc21)NCc1cccc(C(=O)NCc2ccco2)c1. The van der Waals surface area contributed by atoms with Gasteiger partial charge in [-0.05, 0) is 48.0 Å². The molecule has 1 aromatic heterocycles. The third-order valence-corrected chi connectivity index (χ3v) is 5.34. The molecule has 3 amide bonds. The number of hydrogen-bond acceptors (Lipinski definition) is 5. The van der Waals surface area contributed by atoms with E-state index in [-0.39, 0.29) is 37.4 Å². The number of fused-ring (bicyclic) bond motifs is 1. The Morgan fingerprint density at radius 2 is 1.91 bits per heavy atom. The van der Waals surface area contributed by atoms with Gasteiger partial charge in [0.2, 0.25) is 5.91 Å². The quantitative estimate of drug-likeness (QED) is 0.522. The topological polar surface area (TPSA) is 101 Å². The second-order valence-electron chi connectivity index (χ2n) is 7.12. The van der Waals surface area contributed by atoms with E-state index in [1.807, 2.05) is 6.07 Å². The number of nitrogens with zero attached hydrogens (tertiary/aromatic N) is 1. The maximum Gasteiger partial charge on any atom is 0.265 e. The Kier molecular flexibility index (Phi) is 6.55. The van der Waals surface area contributed by atoms with Crippen LogP contribution in [0.1, 0.15) is 21.7 Å². The summed E-state index contributed by atoms with van der Waals surface area (Å²) in [6.07, 6.45) is 1.55. The maximum absolute atomic E-state index is 12.5. The van der Waals surface area contributed by atoms with Crippen molar-refractivity contribution in [2.45, 2.75) is 13.1 Å². The lowest BCUT2D eigenvalue weighted by Crippen LogP contribution is -2.45. The minimum Gasteiger partial charge on any atom is -0.482 e. The van der Waals surface area contributed by atoms with Gasteiger partial charge in [0.25, 0.3) is 11.8 Å². The number of ether oxygens (including phenoxy) is 1. The molecule has 0 saturated heterocycles. The van der Waals surface area contributed by atoms with Crippen LogP contribution in [0.25, 0.3) is 0 Å². The van der Waals surface area contributed by atoms with Crippen molar-refractivity contribution in [1.82, 2.24) is 10.6 Å². The zero-order valence-corrected chi connectivity index (χ0v) is 18.6. The van der Waals surface area contributed by atoms with Crippen molar-refractivity contribution in [3.8, 4) is 5.75 Å². The van der Waals surface area contributed by atoms with Gasteiger partial charge in [-0.2, -0.15) is 0 Å². The van der Waals surface area contributed by atoms with Crippen LogP contribution in [0.3, 0.4) is 0 Å². The summed E-state index contributed by atoms with van der Waals surface area (Å²) in [7, 11) is 0. The summed E-state index contributed by atoms with van der Waals surface area (Å²) < 4.78 is 11.5. The molecule has 0 radical (unpaired) electrons. The molecule has 164 valence electrons. The average molecular weight is 498 g/mol. The van der Waals surface area contributed by atoms with E-state index in [2.05, 4.69) is 26.6 Å². The van der Waals surface area contributed by atoms with Crippen LogP contribution in [0.4, 0.5) is 5.69 Å². The first-order chi connectivity index (χ1) is 15.5. The Balaban J connectivity index is 1.34. The molecule has 0 unspecified atom stereocenters. The molecular formula is C23H20BrN3O5. The van der Waals surface area contributed by atoms with Gasteiger partial charge in [-0.15, -0.1) is 0 Å². The third-order valence-electron chi connectivity index (χ3n) is 4.85. The molecule has 32 heavy (non-hydrogen) atoms. The summed E-state index contributed by atoms with van der Waals surface area (Å²) in [5.74, 6) is 0.358. The zero-order valence-electron chi connectivity index (χ0n) is 17.0. The number of anilines is 1. The predicted octanol–water partition coefficient (Wildman–Crippen LogP) is 3.01. The third kappa shape index (κ3) is 5.17. The van der Waals surface area contributed by atoms with Gasteiger partial charge in [-0.3, -0.25) is 19.3 Å². The normalized spacial score (nSPS) is 12.7. The first-order valence-corrected chi connectivity index (χ1v) is 10.7. The highest BCUT2D eigenvalue weighted by Gasteiger charge is 2.27. The van der Waals surface area contributed by atoms with Crippen molar-refractivity contribution in [2.24, 2.45) is 0 Å². The van der Waals surface area contributed by atoms with E-state index in [0.717, 1.165) is 10.0 Å². The van der Waals surface area contributed by atoms with Gasteiger partial charge < -0.3 is 19.8 Å². The number of amides is 3. The Hall–Kier alpha value is -3.59. The van der Waals surface area contributed by atoms with Crippen LogP contribution >= 0.6 is 15.9 Å². The predicted molar refractivity (Wildman–Crippen MR) is 120 cm³/mol. The molecule has 2 aromatic carbocycles. The molecule has 0 fully saturated rings. The number of furan rings is 1. The van der Waals surface area contributed by atoms with Gasteiger partial charge in [-0.25, -0.2) is 0 Å².